The third kappa shape index (κ3) is 3.01. The minimum atomic E-state index is -0.370. The lowest BCUT2D eigenvalue weighted by molar-refractivity contribution is 0.0504. The van der Waals surface area contributed by atoms with Gasteiger partial charge in [0.15, 0.2) is 5.76 Å². The summed E-state index contributed by atoms with van der Waals surface area (Å²) in [6, 6.07) is 9.67. The van der Waals surface area contributed by atoms with Gasteiger partial charge in [-0.1, -0.05) is 26.0 Å². The fourth-order valence-corrected chi connectivity index (χ4v) is 2.96. The van der Waals surface area contributed by atoms with Gasteiger partial charge in [0.2, 0.25) is 0 Å². The third-order valence-corrected chi connectivity index (χ3v) is 4.56. The highest BCUT2D eigenvalue weighted by atomic mass is 19.1. The third-order valence-electron chi connectivity index (χ3n) is 4.56. The molecule has 0 aliphatic carbocycles. The Morgan fingerprint density at radius 3 is 2.74 bits per heavy atom. The second-order valence-corrected chi connectivity index (χ2v) is 6.75. The number of carbonyl (C=O) groups is 1. The van der Waals surface area contributed by atoms with E-state index in [0.29, 0.717) is 24.4 Å². The average Bonchev–Trinajstić information content (AvgIpc) is 2.99. The Kier molecular flexibility index (Phi) is 3.98. The van der Waals surface area contributed by atoms with Crippen molar-refractivity contribution in [3.8, 4) is 11.3 Å². The first kappa shape index (κ1) is 15.7. The summed E-state index contributed by atoms with van der Waals surface area (Å²) in [5.74, 6) is 0.0486. The van der Waals surface area contributed by atoms with Gasteiger partial charge in [0.1, 0.15) is 11.6 Å². The van der Waals surface area contributed by atoms with Gasteiger partial charge in [-0.3, -0.25) is 4.79 Å². The predicted molar refractivity (Wildman–Crippen MR) is 86.4 cm³/mol. The van der Waals surface area contributed by atoms with Crippen molar-refractivity contribution in [1.82, 2.24) is 4.90 Å². The molecule has 0 bridgehead atoms. The molecule has 1 aliphatic heterocycles. The Morgan fingerprint density at radius 1 is 1.30 bits per heavy atom. The molecule has 23 heavy (non-hydrogen) atoms. The van der Waals surface area contributed by atoms with Crippen molar-refractivity contribution in [3.63, 3.8) is 0 Å². The quantitative estimate of drug-likeness (QED) is 0.925. The summed E-state index contributed by atoms with van der Waals surface area (Å²) in [5.41, 5.74) is 6.33. The lowest BCUT2D eigenvalue weighted by Gasteiger charge is -2.42. The number of piperidine rings is 1. The van der Waals surface area contributed by atoms with Gasteiger partial charge in [0.05, 0.1) is 5.56 Å². The van der Waals surface area contributed by atoms with Crippen molar-refractivity contribution < 1.29 is 13.6 Å². The van der Waals surface area contributed by atoms with Gasteiger partial charge in [-0.25, -0.2) is 4.39 Å². The molecule has 4 nitrogen and oxygen atoms in total. The van der Waals surface area contributed by atoms with E-state index in [4.69, 9.17) is 10.2 Å². The van der Waals surface area contributed by atoms with Gasteiger partial charge < -0.3 is 15.1 Å². The molecule has 0 saturated carbocycles. The molecule has 1 atom stereocenters. The van der Waals surface area contributed by atoms with Crippen molar-refractivity contribution in [1.29, 1.82) is 0 Å². The number of hydrogen-bond donors (Lipinski definition) is 1. The van der Waals surface area contributed by atoms with Crippen LogP contribution in [0.5, 0.6) is 0 Å². The molecule has 2 heterocycles. The lowest BCUT2D eigenvalue weighted by atomic mass is 9.79. The number of nitrogens with two attached hydrogens (primary N) is 1. The van der Waals surface area contributed by atoms with Crippen molar-refractivity contribution in [3.05, 3.63) is 48.0 Å². The van der Waals surface area contributed by atoms with Gasteiger partial charge >= 0.3 is 0 Å². The average molecular weight is 316 g/mol. The number of carbonyl (C=O) groups excluding carboxylic acids is 1. The summed E-state index contributed by atoms with van der Waals surface area (Å²) in [6.07, 6.45) is 0.764. The van der Waals surface area contributed by atoms with Crippen LogP contribution in [0, 0.1) is 11.2 Å². The molecule has 3 rings (SSSR count). The number of rotatable bonds is 2. The van der Waals surface area contributed by atoms with Gasteiger partial charge in [-0.05, 0) is 36.1 Å². The first-order chi connectivity index (χ1) is 10.9. The van der Waals surface area contributed by atoms with Gasteiger partial charge in [-0.2, -0.15) is 0 Å². The van der Waals surface area contributed by atoms with Crippen LogP contribution in [0.15, 0.2) is 40.8 Å². The Hall–Kier alpha value is -2.14. The summed E-state index contributed by atoms with van der Waals surface area (Å²) in [4.78, 5) is 14.4. The maximum absolute atomic E-state index is 13.8. The Labute approximate surface area is 135 Å². The Bertz CT molecular complexity index is 723. The number of likely N-dealkylation sites (tertiary alicyclic amines) is 1. The van der Waals surface area contributed by atoms with Crippen molar-refractivity contribution in [2.45, 2.75) is 26.3 Å². The first-order valence-electron chi connectivity index (χ1n) is 7.78. The molecule has 1 fully saturated rings. The molecule has 1 aromatic carbocycles. The van der Waals surface area contributed by atoms with Crippen LogP contribution in [0.1, 0.15) is 30.8 Å². The summed E-state index contributed by atoms with van der Waals surface area (Å²) in [5, 5.41) is 0. The fraction of sp³-hybridized carbons (Fsp3) is 0.389. The Balaban J connectivity index is 1.81. The second-order valence-electron chi connectivity index (χ2n) is 6.75. The van der Waals surface area contributed by atoms with E-state index in [0.717, 1.165) is 6.42 Å². The largest absolute Gasteiger partial charge is 0.451 e. The Morgan fingerprint density at radius 2 is 2.04 bits per heavy atom. The molecule has 1 amide bonds. The summed E-state index contributed by atoms with van der Waals surface area (Å²) in [7, 11) is 0. The zero-order valence-corrected chi connectivity index (χ0v) is 13.4. The van der Waals surface area contributed by atoms with Crippen molar-refractivity contribution >= 4 is 5.91 Å². The number of halogens is 1. The summed E-state index contributed by atoms with van der Waals surface area (Å²) in [6.45, 7) is 5.32. The molecular formula is C18H21FN2O2. The van der Waals surface area contributed by atoms with Crippen LogP contribution >= 0.6 is 0 Å². The number of amides is 1. The SMILES string of the molecule is CC1(C)CN(C(=O)c2ccc(-c3ccccc3F)o2)CCC1N. The smallest absolute Gasteiger partial charge is 0.289 e. The maximum atomic E-state index is 13.8. The number of nitrogens with zero attached hydrogens (tertiary/aromatic N) is 1. The summed E-state index contributed by atoms with van der Waals surface area (Å²) < 4.78 is 19.4. The minimum absolute atomic E-state index is 0.0807. The lowest BCUT2D eigenvalue weighted by Crippen LogP contribution is -2.53. The molecule has 5 heteroatoms. The van der Waals surface area contributed by atoms with Gasteiger partial charge in [0, 0.05) is 19.1 Å². The molecule has 1 aliphatic rings. The van der Waals surface area contributed by atoms with Crippen molar-refractivity contribution in [2.24, 2.45) is 11.1 Å². The van der Waals surface area contributed by atoms with E-state index < -0.39 is 0 Å². The van der Waals surface area contributed by atoms with Crippen LogP contribution in [0.4, 0.5) is 4.39 Å². The van der Waals surface area contributed by atoms with Crippen LogP contribution in [0.2, 0.25) is 0 Å². The molecule has 0 spiro atoms. The van der Waals surface area contributed by atoms with E-state index in [1.807, 2.05) is 0 Å². The van der Waals surface area contributed by atoms with Gasteiger partial charge in [0.25, 0.3) is 5.91 Å². The summed E-state index contributed by atoms with van der Waals surface area (Å²) >= 11 is 0. The van der Waals surface area contributed by atoms with Crippen molar-refractivity contribution in [2.75, 3.05) is 13.1 Å². The van der Waals surface area contributed by atoms with Crippen LogP contribution in [0.25, 0.3) is 11.3 Å². The monoisotopic (exact) mass is 316 g/mol. The number of benzene rings is 1. The van der Waals surface area contributed by atoms with Crippen LogP contribution in [-0.4, -0.2) is 29.9 Å². The van der Waals surface area contributed by atoms with Crippen LogP contribution in [0.3, 0.4) is 0 Å². The molecule has 1 aromatic heterocycles. The highest BCUT2D eigenvalue weighted by Gasteiger charge is 2.36. The normalized spacial score (nSPS) is 20.5. The van der Waals surface area contributed by atoms with Crippen LogP contribution in [-0.2, 0) is 0 Å². The topological polar surface area (TPSA) is 59.5 Å². The van der Waals surface area contributed by atoms with E-state index >= 15 is 0 Å². The van der Waals surface area contributed by atoms with Crippen LogP contribution < -0.4 is 5.73 Å². The van der Waals surface area contributed by atoms with E-state index in [9.17, 15) is 9.18 Å². The molecule has 2 N–H and O–H groups in total. The zero-order valence-electron chi connectivity index (χ0n) is 13.4. The van der Waals surface area contributed by atoms with E-state index in [-0.39, 0.29) is 28.9 Å². The van der Waals surface area contributed by atoms with E-state index in [1.165, 1.54) is 6.07 Å². The van der Waals surface area contributed by atoms with E-state index in [1.54, 1.807) is 35.2 Å². The molecule has 122 valence electrons. The predicted octanol–water partition coefficient (Wildman–Crippen LogP) is 3.29. The first-order valence-corrected chi connectivity index (χ1v) is 7.78. The molecule has 1 unspecified atom stereocenters. The molecule has 2 aromatic rings. The molecule has 0 radical (unpaired) electrons. The maximum Gasteiger partial charge on any atom is 0.289 e. The minimum Gasteiger partial charge on any atom is -0.451 e. The van der Waals surface area contributed by atoms with E-state index in [2.05, 4.69) is 13.8 Å². The van der Waals surface area contributed by atoms with Gasteiger partial charge in [-0.15, -0.1) is 0 Å². The standard InChI is InChI=1S/C18H21FN2O2/c1-18(2)11-21(10-9-16(18)20)17(22)15-8-7-14(23-15)12-5-3-4-6-13(12)19/h3-8,16H,9-11,20H2,1-2H3. The highest BCUT2D eigenvalue weighted by molar-refractivity contribution is 5.92. The molecule has 1 saturated heterocycles. The molecular weight excluding hydrogens is 295 g/mol. The second kappa shape index (κ2) is 5.81. The fourth-order valence-electron chi connectivity index (χ4n) is 2.96. The number of furan rings is 1. The highest BCUT2D eigenvalue weighted by Crippen LogP contribution is 2.30. The number of hydrogen-bond acceptors (Lipinski definition) is 3. The zero-order chi connectivity index (χ0) is 16.6.